The lowest BCUT2D eigenvalue weighted by Crippen LogP contribution is -2.39. The van der Waals surface area contributed by atoms with E-state index in [1.165, 1.54) is 23.1 Å². The van der Waals surface area contributed by atoms with E-state index in [1.807, 2.05) is 10.6 Å². The molecule has 0 aliphatic carbocycles. The predicted octanol–water partition coefficient (Wildman–Crippen LogP) is 3.01. The molecule has 4 rings (SSSR count). The summed E-state index contributed by atoms with van der Waals surface area (Å²) in [5, 5.41) is 8.21. The van der Waals surface area contributed by atoms with Gasteiger partial charge in [-0.3, -0.25) is 9.78 Å². The highest BCUT2D eigenvalue weighted by atomic mass is 19.4. The van der Waals surface area contributed by atoms with Gasteiger partial charge in [-0.1, -0.05) is 18.2 Å². The van der Waals surface area contributed by atoms with Crippen molar-refractivity contribution in [2.75, 3.05) is 6.54 Å². The van der Waals surface area contributed by atoms with Crippen molar-refractivity contribution >= 4 is 5.91 Å². The molecule has 1 aliphatic rings. The second-order valence-corrected chi connectivity index (χ2v) is 6.08. The maximum Gasteiger partial charge on any atom is 0.417 e. The van der Waals surface area contributed by atoms with Gasteiger partial charge in [0.15, 0.2) is 11.6 Å². The lowest BCUT2D eigenvalue weighted by Gasteiger charge is -2.28. The third-order valence-corrected chi connectivity index (χ3v) is 4.40. The molecule has 2 aromatic heterocycles. The first-order chi connectivity index (χ1) is 12.9. The fourth-order valence-electron chi connectivity index (χ4n) is 3.10. The Morgan fingerprint density at radius 3 is 2.52 bits per heavy atom. The number of fused-ring (bicyclic) bond motifs is 1. The minimum atomic E-state index is -4.59. The minimum absolute atomic E-state index is 0.0882. The highest BCUT2D eigenvalue weighted by molar-refractivity contribution is 5.96. The van der Waals surface area contributed by atoms with Gasteiger partial charge in [0, 0.05) is 19.3 Å². The summed E-state index contributed by atoms with van der Waals surface area (Å²) in [7, 11) is 0. The van der Waals surface area contributed by atoms with Crippen LogP contribution < -0.4 is 0 Å². The third-order valence-electron chi connectivity index (χ3n) is 4.40. The van der Waals surface area contributed by atoms with Crippen LogP contribution in [-0.2, 0) is 19.3 Å². The van der Waals surface area contributed by atoms with Crippen molar-refractivity contribution < 1.29 is 18.0 Å². The Bertz CT molecular complexity index is 984. The van der Waals surface area contributed by atoms with Gasteiger partial charge in [0.05, 0.1) is 17.7 Å². The molecule has 1 aromatic carbocycles. The lowest BCUT2D eigenvalue weighted by atomic mass is 10.1. The average Bonchev–Trinajstić information content (AvgIpc) is 3.10. The van der Waals surface area contributed by atoms with Gasteiger partial charge in [0.25, 0.3) is 5.91 Å². The summed E-state index contributed by atoms with van der Waals surface area (Å²) < 4.78 is 41.4. The molecule has 0 fully saturated rings. The van der Waals surface area contributed by atoms with Crippen LogP contribution in [0.5, 0.6) is 0 Å². The zero-order valence-corrected chi connectivity index (χ0v) is 14.0. The Kier molecular flexibility index (Phi) is 4.14. The summed E-state index contributed by atoms with van der Waals surface area (Å²) in [6.07, 6.45) is -2.95. The minimum Gasteiger partial charge on any atom is -0.329 e. The molecule has 0 N–H and O–H groups in total. The van der Waals surface area contributed by atoms with Crippen LogP contribution in [0, 0.1) is 0 Å². The summed E-state index contributed by atoms with van der Waals surface area (Å²) in [6.45, 7) is 0.731. The zero-order valence-electron chi connectivity index (χ0n) is 14.0. The van der Waals surface area contributed by atoms with Crippen LogP contribution in [0.15, 0.2) is 48.7 Å². The number of pyridine rings is 1. The van der Waals surface area contributed by atoms with E-state index >= 15 is 0 Å². The Hall–Kier alpha value is -3.23. The molecule has 0 spiro atoms. The van der Waals surface area contributed by atoms with E-state index in [0.717, 1.165) is 6.07 Å². The predicted molar refractivity (Wildman–Crippen MR) is 89.4 cm³/mol. The Balaban J connectivity index is 1.61. The van der Waals surface area contributed by atoms with Crippen LogP contribution in [-0.4, -0.2) is 37.1 Å². The molecule has 0 bridgehead atoms. The summed E-state index contributed by atoms with van der Waals surface area (Å²) in [5.41, 5.74) is -0.641. The van der Waals surface area contributed by atoms with Gasteiger partial charge in [-0.2, -0.15) is 13.2 Å². The van der Waals surface area contributed by atoms with Crippen LogP contribution in [0.25, 0.3) is 11.5 Å². The van der Waals surface area contributed by atoms with Gasteiger partial charge in [-0.15, -0.1) is 10.2 Å². The maximum atomic E-state index is 13.2. The zero-order chi connectivity index (χ0) is 19.0. The summed E-state index contributed by atoms with van der Waals surface area (Å²) >= 11 is 0. The number of hydrogen-bond donors (Lipinski definition) is 0. The molecule has 0 radical (unpaired) electrons. The molecule has 0 saturated heterocycles. The van der Waals surface area contributed by atoms with Crippen LogP contribution in [0.3, 0.4) is 0 Å². The molecule has 27 heavy (non-hydrogen) atoms. The average molecular weight is 373 g/mol. The number of amides is 1. The summed E-state index contributed by atoms with van der Waals surface area (Å²) in [6, 6.07) is 10.2. The van der Waals surface area contributed by atoms with Crippen LogP contribution in [0.2, 0.25) is 0 Å². The number of carbonyl (C=O) groups excluding carboxylic acids is 1. The smallest absolute Gasteiger partial charge is 0.329 e. The largest absolute Gasteiger partial charge is 0.417 e. The molecular weight excluding hydrogens is 359 g/mol. The molecule has 0 saturated carbocycles. The van der Waals surface area contributed by atoms with Crippen LogP contribution in [0.4, 0.5) is 13.2 Å². The molecule has 1 aliphatic heterocycles. The van der Waals surface area contributed by atoms with Gasteiger partial charge in [-0.25, -0.2) is 0 Å². The van der Waals surface area contributed by atoms with E-state index in [0.29, 0.717) is 23.9 Å². The summed E-state index contributed by atoms with van der Waals surface area (Å²) in [4.78, 5) is 18.3. The SMILES string of the molecule is O=C(c1ccccc1C(F)(F)F)N1CCn2c(nnc2-c2ccccn2)C1. The van der Waals surface area contributed by atoms with E-state index in [1.54, 1.807) is 18.3 Å². The third kappa shape index (κ3) is 3.16. The van der Waals surface area contributed by atoms with Gasteiger partial charge in [-0.05, 0) is 24.3 Å². The van der Waals surface area contributed by atoms with Crippen molar-refractivity contribution in [3.8, 4) is 11.5 Å². The van der Waals surface area contributed by atoms with E-state index in [2.05, 4.69) is 15.2 Å². The molecule has 0 unspecified atom stereocenters. The van der Waals surface area contributed by atoms with E-state index in [-0.39, 0.29) is 18.7 Å². The molecule has 138 valence electrons. The highest BCUT2D eigenvalue weighted by Gasteiger charge is 2.36. The number of halogens is 3. The van der Waals surface area contributed by atoms with Crippen molar-refractivity contribution in [3.63, 3.8) is 0 Å². The number of nitrogens with zero attached hydrogens (tertiary/aromatic N) is 5. The van der Waals surface area contributed by atoms with E-state index < -0.39 is 17.6 Å². The molecule has 6 nitrogen and oxygen atoms in total. The molecule has 3 heterocycles. The van der Waals surface area contributed by atoms with Crippen molar-refractivity contribution in [2.45, 2.75) is 19.3 Å². The summed E-state index contributed by atoms with van der Waals surface area (Å²) in [5.74, 6) is 0.421. The number of carbonyl (C=O) groups is 1. The first-order valence-corrected chi connectivity index (χ1v) is 8.24. The first kappa shape index (κ1) is 17.2. The number of benzene rings is 1. The van der Waals surface area contributed by atoms with Crippen molar-refractivity contribution in [2.24, 2.45) is 0 Å². The fraction of sp³-hybridized carbons (Fsp3) is 0.222. The quantitative estimate of drug-likeness (QED) is 0.693. The van der Waals surface area contributed by atoms with Crippen LogP contribution in [0.1, 0.15) is 21.7 Å². The first-order valence-electron chi connectivity index (χ1n) is 8.24. The second kappa shape index (κ2) is 6.49. The van der Waals surface area contributed by atoms with E-state index in [9.17, 15) is 18.0 Å². The van der Waals surface area contributed by atoms with Crippen LogP contribution >= 0.6 is 0 Å². The molecule has 0 atom stereocenters. The van der Waals surface area contributed by atoms with Gasteiger partial charge < -0.3 is 9.47 Å². The lowest BCUT2D eigenvalue weighted by molar-refractivity contribution is -0.138. The topological polar surface area (TPSA) is 63.9 Å². The Morgan fingerprint density at radius 1 is 1.00 bits per heavy atom. The monoisotopic (exact) mass is 373 g/mol. The normalized spacial score (nSPS) is 14.1. The van der Waals surface area contributed by atoms with Gasteiger partial charge in [0.1, 0.15) is 5.69 Å². The van der Waals surface area contributed by atoms with Crippen molar-refractivity contribution in [1.82, 2.24) is 24.6 Å². The number of alkyl halides is 3. The number of rotatable bonds is 2. The standard InChI is InChI=1S/C18H14F3N5O/c19-18(20,21)13-6-2-1-5-12(13)17(27)25-9-10-26-15(11-25)23-24-16(26)14-7-3-4-8-22-14/h1-8H,9-11H2. The van der Waals surface area contributed by atoms with E-state index in [4.69, 9.17) is 0 Å². The molecule has 1 amide bonds. The number of aromatic nitrogens is 4. The molecule has 9 heteroatoms. The molecular formula is C18H14F3N5O. The maximum absolute atomic E-state index is 13.2. The molecule has 3 aromatic rings. The van der Waals surface area contributed by atoms with Gasteiger partial charge >= 0.3 is 6.18 Å². The van der Waals surface area contributed by atoms with Crippen molar-refractivity contribution in [1.29, 1.82) is 0 Å². The second-order valence-electron chi connectivity index (χ2n) is 6.08. The van der Waals surface area contributed by atoms with Gasteiger partial charge in [0.2, 0.25) is 0 Å². The Morgan fingerprint density at radius 2 is 1.78 bits per heavy atom. The van der Waals surface area contributed by atoms with Crippen molar-refractivity contribution in [3.05, 3.63) is 65.6 Å². The number of hydrogen-bond acceptors (Lipinski definition) is 4. The fourth-order valence-corrected chi connectivity index (χ4v) is 3.10. The highest BCUT2D eigenvalue weighted by Crippen LogP contribution is 2.33. The Labute approximate surface area is 152 Å².